The number of anilines is 1. The van der Waals surface area contributed by atoms with E-state index in [0.29, 0.717) is 30.4 Å². The Kier molecular flexibility index (Phi) is 17.9. The third-order valence-electron chi connectivity index (χ3n) is 6.94. The van der Waals surface area contributed by atoms with Gasteiger partial charge < -0.3 is 36.5 Å². The van der Waals surface area contributed by atoms with Crippen LogP contribution < -0.4 is 41.1 Å². The summed E-state index contributed by atoms with van der Waals surface area (Å²) in [5, 5.41) is 5.02. The van der Waals surface area contributed by atoms with Gasteiger partial charge in [-0.1, -0.05) is 113 Å². The van der Waals surface area contributed by atoms with Crippen LogP contribution in [0.5, 0.6) is 17.2 Å². The lowest BCUT2D eigenvalue weighted by atomic mass is 10.1. The number of aromatic nitrogens is 1. The van der Waals surface area contributed by atoms with Gasteiger partial charge in [0, 0.05) is 5.56 Å². The van der Waals surface area contributed by atoms with Gasteiger partial charge in [0.2, 0.25) is 11.3 Å². The molecule has 0 radical (unpaired) electrons. The summed E-state index contributed by atoms with van der Waals surface area (Å²) in [6.07, 6.45) is 17.6. The first-order valence-electron chi connectivity index (χ1n) is 14.9. The lowest BCUT2D eigenvalue weighted by Crippen LogP contribution is -3.00. The van der Waals surface area contributed by atoms with Crippen molar-refractivity contribution in [2.24, 2.45) is 0 Å². The molecule has 2 aromatic carbocycles. The highest BCUT2D eigenvalue weighted by Crippen LogP contribution is 2.37. The minimum absolute atomic E-state index is 0. The zero-order valence-electron chi connectivity index (χ0n) is 24.7. The lowest BCUT2D eigenvalue weighted by molar-refractivity contribution is -0.683. The monoisotopic (exact) mass is 646 g/mol. The molecule has 1 aromatic heterocycles. The fraction of sp³-hybridized carbons (Fsp3) is 0.515. The fourth-order valence-corrected chi connectivity index (χ4v) is 5.29. The van der Waals surface area contributed by atoms with E-state index in [4.69, 9.17) is 14.2 Å². The molecular weight excluding hydrogens is 600 g/mol. The molecule has 226 valence electrons. The molecule has 0 unspecified atom stereocenters. The molecule has 0 aliphatic carbocycles. The number of hydrogen-bond donors (Lipinski definition) is 1. The third kappa shape index (κ3) is 13.3. The Hall–Kier alpha value is -2.58. The summed E-state index contributed by atoms with van der Waals surface area (Å²) < 4.78 is 19.6. The van der Waals surface area contributed by atoms with Gasteiger partial charge in [0.05, 0.1) is 24.8 Å². The maximum atomic E-state index is 12.8. The van der Waals surface area contributed by atoms with Crippen LogP contribution >= 0.6 is 11.3 Å². The smallest absolute Gasteiger partial charge is 0.262 e. The average molecular weight is 648 g/mol. The maximum Gasteiger partial charge on any atom is 0.262 e. The van der Waals surface area contributed by atoms with Crippen molar-refractivity contribution < 1.29 is 40.6 Å². The first-order chi connectivity index (χ1) is 19.7. The van der Waals surface area contributed by atoms with Crippen molar-refractivity contribution in [2.45, 2.75) is 90.5 Å². The predicted molar refractivity (Wildman–Crippen MR) is 164 cm³/mol. The first-order valence-corrected chi connectivity index (χ1v) is 15.9. The van der Waals surface area contributed by atoms with Gasteiger partial charge >= 0.3 is 0 Å². The van der Waals surface area contributed by atoms with Gasteiger partial charge in [-0.05, 0) is 24.6 Å². The van der Waals surface area contributed by atoms with Crippen molar-refractivity contribution in [3.05, 3.63) is 65.1 Å². The Morgan fingerprint density at radius 3 is 2.15 bits per heavy atom. The number of nitrogens with zero attached hydrogens (tertiary/aromatic N) is 1. The fourth-order valence-electron chi connectivity index (χ4n) is 4.69. The quantitative estimate of drug-likeness (QED) is 0.128. The summed E-state index contributed by atoms with van der Waals surface area (Å²) in [5.74, 6) is 1.44. The summed E-state index contributed by atoms with van der Waals surface area (Å²) in [7, 11) is 1.62. The highest BCUT2D eigenvalue weighted by molar-refractivity contribution is 7.07. The molecule has 0 spiro atoms. The van der Waals surface area contributed by atoms with Crippen LogP contribution in [0.4, 0.5) is 5.69 Å². The van der Waals surface area contributed by atoms with Crippen LogP contribution in [0, 0.1) is 0 Å². The molecule has 0 saturated heterocycles. The van der Waals surface area contributed by atoms with Crippen LogP contribution in [0.1, 0.15) is 89.5 Å². The van der Waals surface area contributed by atoms with Gasteiger partial charge in [-0.3, -0.25) is 4.79 Å². The van der Waals surface area contributed by atoms with Crippen LogP contribution in [0.2, 0.25) is 0 Å². The Balaban J connectivity index is 0.00000588. The highest BCUT2D eigenvalue weighted by atomic mass is 79.9. The van der Waals surface area contributed by atoms with Crippen molar-refractivity contribution in [3.63, 3.8) is 0 Å². The summed E-state index contributed by atoms with van der Waals surface area (Å²) >= 11 is 1.64. The van der Waals surface area contributed by atoms with E-state index in [0.717, 1.165) is 24.1 Å². The van der Waals surface area contributed by atoms with Crippen LogP contribution in [-0.4, -0.2) is 26.2 Å². The normalized spacial score (nSPS) is 10.6. The lowest BCUT2D eigenvalue weighted by Gasteiger charge is -2.16. The number of ether oxygens (including phenoxy) is 3. The average Bonchev–Trinajstić information content (AvgIpc) is 3.49. The number of nitrogens with one attached hydrogen (secondary N) is 1. The zero-order valence-corrected chi connectivity index (χ0v) is 27.1. The number of carbonyl (C=O) groups is 1. The molecule has 0 aliphatic heterocycles. The highest BCUT2D eigenvalue weighted by Gasteiger charge is 2.15. The van der Waals surface area contributed by atoms with Crippen molar-refractivity contribution in [2.75, 3.05) is 25.6 Å². The van der Waals surface area contributed by atoms with Gasteiger partial charge in [0.25, 0.3) is 5.91 Å². The number of benzene rings is 2. The van der Waals surface area contributed by atoms with E-state index in [9.17, 15) is 4.79 Å². The van der Waals surface area contributed by atoms with E-state index >= 15 is 0 Å². The maximum absolute atomic E-state index is 12.8. The van der Waals surface area contributed by atoms with E-state index in [2.05, 4.69) is 16.8 Å². The Labute approximate surface area is 261 Å². The Bertz CT molecular complexity index is 1110. The van der Waals surface area contributed by atoms with Crippen LogP contribution in [-0.2, 0) is 11.3 Å². The van der Waals surface area contributed by atoms with Crippen LogP contribution in [0.15, 0.2) is 59.6 Å². The number of rotatable bonds is 21. The van der Waals surface area contributed by atoms with Gasteiger partial charge in [0.1, 0.15) is 0 Å². The number of unbranched alkanes of at least 4 members (excludes halogenated alkanes) is 11. The minimum atomic E-state index is -0.225. The predicted octanol–water partition coefficient (Wildman–Crippen LogP) is 5.19. The molecule has 0 aliphatic rings. The van der Waals surface area contributed by atoms with Gasteiger partial charge in [0.15, 0.2) is 30.8 Å². The molecule has 0 bridgehead atoms. The molecule has 0 atom stereocenters. The second-order valence-corrected chi connectivity index (χ2v) is 11.0. The molecule has 1 N–H and O–H groups in total. The molecule has 1 amide bonds. The van der Waals surface area contributed by atoms with Gasteiger partial charge in [-0.2, -0.15) is 4.57 Å². The van der Waals surface area contributed by atoms with Crippen LogP contribution in [0.25, 0.3) is 0 Å². The molecule has 3 rings (SSSR count). The largest absolute Gasteiger partial charge is 1.00 e. The molecule has 6 nitrogen and oxygen atoms in total. The number of amides is 1. The standard InChI is InChI=1S/C33H46N2O4S.BrH/c1-3-4-5-6-7-8-9-10-11-12-13-16-23-38-33-30(37-2)20-17-21-31(33)39-26-32(36)34-29-19-15-14-18-28(29)25-35-22-24-40-27-35;/h14-15,17-22,24,27H,3-13,16,23,25-26H2,1-2H3;1H. The SMILES string of the molecule is CCCCCCCCCCCCCCOc1c(OC)cccc1OCC(=O)Nc1ccccc1C[n+]1ccsc1.[Br-]. The molecular formula is C33H47BrN2O4S. The third-order valence-corrected chi connectivity index (χ3v) is 7.61. The van der Waals surface area contributed by atoms with Crippen molar-refractivity contribution in [3.8, 4) is 17.2 Å². The van der Waals surface area contributed by atoms with E-state index < -0.39 is 0 Å². The number of carbonyl (C=O) groups excluding carboxylic acids is 1. The van der Waals surface area contributed by atoms with Gasteiger partial charge in [-0.25, -0.2) is 0 Å². The van der Waals surface area contributed by atoms with Crippen LogP contribution in [0.3, 0.4) is 0 Å². The van der Waals surface area contributed by atoms with Gasteiger partial charge in [-0.15, -0.1) is 0 Å². The molecule has 3 aromatic rings. The van der Waals surface area contributed by atoms with Crippen molar-refractivity contribution in [1.29, 1.82) is 0 Å². The molecule has 8 heteroatoms. The number of halogens is 1. The Morgan fingerprint density at radius 2 is 1.49 bits per heavy atom. The Morgan fingerprint density at radius 1 is 0.829 bits per heavy atom. The summed E-state index contributed by atoms with van der Waals surface area (Å²) in [6, 6.07) is 13.3. The minimum Gasteiger partial charge on any atom is -1.00 e. The van der Waals surface area contributed by atoms with E-state index in [-0.39, 0.29) is 29.5 Å². The first kappa shape index (κ1) is 34.6. The van der Waals surface area contributed by atoms with E-state index in [1.54, 1.807) is 18.4 Å². The van der Waals surface area contributed by atoms with Crippen molar-refractivity contribution >= 4 is 22.9 Å². The van der Waals surface area contributed by atoms with Crippen molar-refractivity contribution in [1.82, 2.24) is 0 Å². The van der Waals surface area contributed by atoms with E-state index in [1.807, 2.05) is 59.6 Å². The molecule has 0 fully saturated rings. The topological polar surface area (TPSA) is 60.7 Å². The summed E-state index contributed by atoms with van der Waals surface area (Å²) in [5.41, 5.74) is 3.86. The summed E-state index contributed by atoms with van der Waals surface area (Å²) in [4.78, 5) is 12.8. The second-order valence-electron chi connectivity index (χ2n) is 10.2. The second kappa shape index (κ2) is 21.2. The molecule has 1 heterocycles. The number of para-hydroxylation sites is 2. The summed E-state index contributed by atoms with van der Waals surface area (Å²) in [6.45, 7) is 3.42. The number of thiazole rings is 1. The number of methoxy groups -OCH3 is 1. The zero-order chi connectivity index (χ0) is 28.3. The van der Waals surface area contributed by atoms with E-state index in [1.165, 1.54) is 64.2 Å². The molecule has 41 heavy (non-hydrogen) atoms. The molecule has 0 saturated carbocycles. The number of hydrogen-bond acceptors (Lipinski definition) is 5.